The molecule has 47 heavy (non-hydrogen) atoms. The van der Waals surface area contributed by atoms with E-state index in [0.29, 0.717) is 22.6 Å². The highest BCUT2D eigenvalue weighted by atomic mass is 32.2. The van der Waals surface area contributed by atoms with Crippen LogP contribution in [0.25, 0.3) is 6.08 Å². The molecular formula is C39H35N3O4S. The number of thioether (sulfide) groups is 1. The van der Waals surface area contributed by atoms with Crippen LogP contribution in [0.2, 0.25) is 0 Å². The Morgan fingerprint density at radius 2 is 1.45 bits per heavy atom. The fourth-order valence-electron chi connectivity index (χ4n) is 4.92. The zero-order valence-electron chi connectivity index (χ0n) is 26.3. The molecule has 8 heteroatoms. The number of hydrogen-bond donors (Lipinski definition) is 3. The second-order valence-corrected chi connectivity index (χ2v) is 12.0. The first kappa shape index (κ1) is 32.8. The highest BCUT2D eigenvalue weighted by molar-refractivity contribution is 8.00. The van der Waals surface area contributed by atoms with E-state index < -0.39 is 17.1 Å². The number of carbonyl (C=O) groups is 3. The maximum absolute atomic E-state index is 13.7. The van der Waals surface area contributed by atoms with Gasteiger partial charge in [-0.3, -0.25) is 14.4 Å². The molecule has 0 aliphatic rings. The normalized spacial score (nSPS) is 11.7. The maximum Gasteiger partial charge on any atom is 0.272 e. The van der Waals surface area contributed by atoms with Crippen molar-refractivity contribution in [1.82, 2.24) is 5.32 Å². The molecular weight excluding hydrogens is 607 g/mol. The predicted octanol–water partition coefficient (Wildman–Crippen LogP) is 8.19. The number of anilines is 2. The molecule has 5 aromatic rings. The van der Waals surface area contributed by atoms with Gasteiger partial charge < -0.3 is 20.7 Å². The summed E-state index contributed by atoms with van der Waals surface area (Å²) in [5.41, 5.74) is 5.28. The van der Waals surface area contributed by atoms with Crippen LogP contribution in [-0.2, 0) is 9.59 Å². The van der Waals surface area contributed by atoms with E-state index in [1.165, 1.54) is 11.8 Å². The molecule has 0 spiro atoms. The zero-order chi connectivity index (χ0) is 33.2. The van der Waals surface area contributed by atoms with Gasteiger partial charge in [-0.2, -0.15) is 0 Å². The van der Waals surface area contributed by atoms with E-state index in [-0.39, 0.29) is 11.6 Å². The van der Waals surface area contributed by atoms with Gasteiger partial charge in [0.15, 0.2) is 0 Å². The third-order valence-corrected chi connectivity index (χ3v) is 8.54. The van der Waals surface area contributed by atoms with E-state index in [4.69, 9.17) is 4.74 Å². The van der Waals surface area contributed by atoms with Gasteiger partial charge in [0.2, 0.25) is 5.91 Å². The van der Waals surface area contributed by atoms with E-state index in [1.807, 2.05) is 98.8 Å². The third-order valence-electron chi connectivity index (χ3n) is 7.29. The number of methoxy groups -OCH3 is 1. The van der Waals surface area contributed by atoms with Crippen LogP contribution in [0.5, 0.6) is 5.75 Å². The van der Waals surface area contributed by atoms with Crippen molar-refractivity contribution in [3.63, 3.8) is 0 Å². The summed E-state index contributed by atoms with van der Waals surface area (Å²) < 4.78 is 5.47. The van der Waals surface area contributed by atoms with Crippen molar-refractivity contribution < 1.29 is 19.1 Å². The first-order valence-corrected chi connectivity index (χ1v) is 15.9. The van der Waals surface area contributed by atoms with E-state index in [2.05, 4.69) is 16.0 Å². The summed E-state index contributed by atoms with van der Waals surface area (Å²) in [6.07, 6.45) is 1.58. The molecule has 0 aliphatic heterocycles. The number of aryl methyl sites for hydroxylation is 2. The Bertz CT molecular complexity index is 1910. The topological polar surface area (TPSA) is 96.5 Å². The SMILES string of the molecule is COc1ccccc1/C=C(/NC(=O)c1ccccc1)C(=O)Nc1cccc(SC(C(=O)Nc2ccc(C)cc2C)c2ccccc2)c1. The number of carbonyl (C=O) groups excluding carboxylic acids is 3. The van der Waals surface area contributed by atoms with Crippen LogP contribution in [0.1, 0.15) is 37.9 Å². The molecule has 0 saturated heterocycles. The van der Waals surface area contributed by atoms with Crippen molar-refractivity contribution in [1.29, 1.82) is 0 Å². The fraction of sp³-hybridized carbons (Fsp3) is 0.103. The van der Waals surface area contributed by atoms with Crippen molar-refractivity contribution in [2.45, 2.75) is 24.0 Å². The summed E-state index contributed by atoms with van der Waals surface area (Å²) in [7, 11) is 1.54. The molecule has 0 aliphatic carbocycles. The molecule has 3 N–H and O–H groups in total. The first-order chi connectivity index (χ1) is 22.8. The largest absolute Gasteiger partial charge is 0.496 e. The Labute approximate surface area is 279 Å². The molecule has 0 aromatic heterocycles. The maximum atomic E-state index is 13.7. The van der Waals surface area contributed by atoms with Crippen molar-refractivity contribution in [2.75, 3.05) is 17.7 Å². The van der Waals surface area contributed by atoms with Gasteiger partial charge in [0, 0.05) is 27.4 Å². The van der Waals surface area contributed by atoms with Gasteiger partial charge in [-0.15, -0.1) is 11.8 Å². The second-order valence-electron chi connectivity index (χ2n) is 10.8. The van der Waals surface area contributed by atoms with Gasteiger partial charge in [-0.1, -0.05) is 90.5 Å². The molecule has 1 atom stereocenters. The van der Waals surface area contributed by atoms with Crippen LogP contribution in [0, 0.1) is 13.8 Å². The third kappa shape index (κ3) is 8.77. The lowest BCUT2D eigenvalue weighted by atomic mass is 10.1. The van der Waals surface area contributed by atoms with Crippen LogP contribution in [-0.4, -0.2) is 24.8 Å². The van der Waals surface area contributed by atoms with Crippen LogP contribution >= 0.6 is 11.8 Å². The summed E-state index contributed by atoms with van der Waals surface area (Å²) in [6.45, 7) is 3.99. The highest BCUT2D eigenvalue weighted by Crippen LogP contribution is 2.37. The fourth-order valence-corrected chi connectivity index (χ4v) is 6.00. The van der Waals surface area contributed by atoms with Crippen molar-refractivity contribution in [2.24, 2.45) is 0 Å². The van der Waals surface area contributed by atoms with Crippen LogP contribution in [0.15, 0.2) is 138 Å². The molecule has 236 valence electrons. The number of ether oxygens (including phenoxy) is 1. The molecule has 0 saturated carbocycles. The van der Waals surface area contributed by atoms with Crippen molar-refractivity contribution in [3.8, 4) is 5.75 Å². The van der Waals surface area contributed by atoms with Gasteiger partial charge in [-0.25, -0.2) is 0 Å². The molecule has 0 fully saturated rings. The number of para-hydroxylation sites is 1. The summed E-state index contributed by atoms with van der Waals surface area (Å²) in [4.78, 5) is 41.3. The predicted molar refractivity (Wildman–Crippen MR) is 190 cm³/mol. The lowest BCUT2D eigenvalue weighted by Crippen LogP contribution is -2.30. The molecule has 1 unspecified atom stereocenters. The Kier molecular flexibility index (Phi) is 10.9. The molecule has 0 bridgehead atoms. The van der Waals surface area contributed by atoms with E-state index in [9.17, 15) is 14.4 Å². The number of nitrogens with one attached hydrogen (secondary N) is 3. The lowest BCUT2D eigenvalue weighted by molar-refractivity contribution is -0.116. The van der Waals surface area contributed by atoms with Gasteiger partial charge in [0.05, 0.1) is 7.11 Å². The van der Waals surface area contributed by atoms with Crippen molar-refractivity contribution >= 4 is 46.9 Å². The monoisotopic (exact) mass is 641 g/mol. The zero-order valence-corrected chi connectivity index (χ0v) is 27.1. The molecule has 0 radical (unpaired) electrons. The lowest BCUT2D eigenvalue weighted by Gasteiger charge is -2.19. The summed E-state index contributed by atoms with van der Waals surface area (Å²) in [5, 5.41) is 8.21. The molecule has 7 nitrogen and oxygen atoms in total. The van der Waals surface area contributed by atoms with Gasteiger partial charge in [0.25, 0.3) is 11.8 Å². The number of benzene rings is 5. The summed E-state index contributed by atoms with van der Waals surface area (Å²) in [5.74, 6) is -0.550. The minimum absolute atomic E-state index is 0.0383. The molecule has 3 amide bonds. The van der Waals surface area contributed by atoms with E-state index in [1.54, 1.807) is 55.7 Å². The molecule has 5 rings (SSSR count). The molecule has 0 heterocycles. The van der Waals surface area contributed by atoms with Gasteiger partial charge in [-0.05, 0) is 73.5 Å². The quantitative estimate of drug-likeness (QED) is 0.0998. The molecule has 5 aromatic carbocycles. The van der Waals surface area contributed by atoms with E-state index in [0.717, 1.165) is 27.3 Å². The standard InChI is InChI=1S/C39H35N3O4S/c1-26-21-22-33(27(2)23-26)41-39(45)36(28-13-6-4-7-14-28)47-32-19-12-18-31(25-32)40-38(44)34(24-30-17-10-11-20-35(30)46-3)42-37(43)29-15-8-5-9-16-29/h4-25,36H,1-3H3,(H,40,44)(H,41,45)(H,42,43)/b34-24+. The smallest absolute Gasteiger partial charge is 0.272 e. The Hall–Kier alpha value is -5.60. The number of hydrogen-bond acceptors (Lipinski definition) is 5. The van der Waals surface area contributed by atoms with Gasteiger partial charge in [0.1, 0.15) is 16.7 Å². The minimum atomic E-state index is -0.561. The Morgan fingerprint density at radius 3 is 2.17 bits per heavy atom. The summed E-state index contributed by atoms with van der Waals surface area (Å²) >= 11 is 1.38. The average molecular weight is 642 g/mol. The first-order valence-electron chi connectivity index (χ1n) is 15.0. The number of amides is 3. The van der Waals surface area contributed by atoms with E-state index >= 15 is 0 Å². The van der Waals surface area contributed by atoms with Crippen LogP contribution in [0.4, 0.5) is 11.4 Å². The second kappa shape index (κ2) is 15.6. The number of rotatable bonds is 11. The van der Waals surface area contributed by atoms with Gasteiger partial charge >= 0.3 is 0 Å². The summed E-state index contributed by atoms with van der Waals surface area (Å²) in [6, 6.07) is 38.7. The van der Waals surface area contributed by atoms with Crippen LogP contribution < -0.4 is 20.7 Å². The Balaban J connectivity index is 1.39. The average Bonchev–Trinajstić information content (AvgIpc) is 3.09. The highest BCUT2D eigenvalue weighted by Gasteiger charge is 2.23. The van der Waals surface area contributed by atoms with Crippen LogP contribution in [0.3, 0.4) is 0 Å². The van der Waals surface area contributed by atoms with Crippen molar-refractivity contribution in [3.05, 3.63) is 161 Å². The Morgan fingerprint density at radius 1 is 0.745 bits per heavy atom. The minimum Gasteiger partial charge on any atom is -0.496 e.